The fourth-order valence-electron chi connectivity index (χ4n) is 2.96. The summed E-state index contributed by atoms with van der Waals surface area (Å²) in [6.45, 7) is 3.08. The van der Waals surface area contributed by atoms with Crippen LogP contribution in [0.25, 0.3) is 11.5 Å². The van der Waals surface area contributed by atoms with Gasteiger partial charge in [0.2, 0.25) is 5.91 Å². The number of ether oxygens (including phenoxy) is 1. The first-order chi connectivity index (χ1) is 12.6. The van der Waals surface area contributed by atoms with Crippen molar-refractivity contribution >= 4 is 5.91 Å². The second kappa shape index (κ2) is 6.71. The Kier molecular flexibility index (Phi) is 4.25. The first-order valence-electron chi connectivity index (χ1n) is 8.33. The number of amides is 1. The summed E-state index contributed by atoms with van der Waals surface area (Å²) >= 11 is 0. The van der Waals surface area contributed by atoms with Crippen molar-refractivity contribution < 1.29 is 14.1 Å². The van der Waals surface area contributed by atoms with Crippen LogP contribution in [-0.4, -0.2) is 60.3 Å². The summed E-state index contributed by atoms with van der Waals surface area (Å²) in [5.41, 5.74) is 0.728. The summed E-state index contributed by atoms with van der Waals surface area (Å²) in [5.74, 6) is 0.727. The maximum Gasteiger partial charge on any atom is 0.261 e. The van der Waals surface area contributed by atoms with Crippen LogP contribution < -0.4 is 0 Å². The quantitative estimate of drug-likeness (QED) is 0.681. The number of aryl methyl sites for hydroxylation is 1. The van der Waals surface area contributed by atoms with Crippen LogP contribution in [-0.2, 0) is 16.6 Å². The highest BCUT2D eigenvalue weighted by molar-refractivity contribution is 5.80. The maximum absolute atomic E-state index is 13.0. The lowest BCUT2D eigenvalue weighted by atomic mass is 10.1. The van der Waals surface area contributed by atoms with Crippen LogP contribution in [0.3, 0.4) is 0 Å². The Balaban J connectivity index is 1.58. The molecule has 0 aliphatic carbocycles. The monoisotopic (exact) mass is 357 g/mol. The van der Waals surface area contributed by atoms with E-state index >= 15 is 0 Å². The summed E-state index contributed by atoms with van der Waals surface area (Å²) in [4.78, 5) is 19.1. The van der Waals surface area contributed by atoms with E-state index in [2.05, 4.69) is 20.3 Å². The molecule has 1 aliphatic rings. The Morgan fingerprint density at radius 2 is 2.27 bits per heavy atom. The first-order valence-corrected chi connectivity index (χ1v) is 8.33. The minimum Gasteiger partial charge on any atom is -0.377 e. The minimum atomic E-state index is -0.421. The molecule has 0 aromatic carbocycles. The Bertz CT molecular complexity index is 885. The lowest BCUT2D eigenvalue weighted by Gasteiger charge is -2.35. The molecule has 1 saturated heterocycles. The average Bonchev–Trinajstić information content (AvgIpc) is 3.41. The van der Waals surface area contributed by atoms with Crippen molar-refractivity contribution in [1.29, 1.82) is 0 Å². The van der Waals surface area contributed by atoms with E-state index < -0.39 is 12.1 Å². The SMILES string of the molecule is CC(C(=O)N1CCOCC1c1noc(-c2cnn(C)c2)n1)n1cccn1. The number of aromatic nitrogens is 6. The largest absolute Gasteiger partial charge is 0.377 e. The summed E-state index contributed by atoms with van der Waals surface area (Å²) in [5, 5.41) is 12.3. The maximum atomic E-state index is 13.0. The zero-order chi connectivity index (χ0) is 18.1. The Morgan fingerprint density at radius 3 is 3.00 bits per heavy atom. The molecule has 1 aliphatic heterocycles. The number of carbonyl (C=O) groups excluding carboxylic acids is 1. The Labute approximate surface area is 149 Å². The van der Waals surface area contributed by atoms with Crippen LogP contribution >= 0.6 is 0 Å². The molecule has 10 nitrogen and oxygen atoms in total. The minimum absolute atomic E-state index is 0.0604. The van der Waals surface area contributed by atoms with Crippen LogP contribution in [0.5, 0.6) is 0 Å². The molecule has 2 unspecified atom stereocenters. The van der Waals surface area contributed by atoms with Crippen LogP contribution in [0.1, 0.15) is 24.8 Å². The predicted octanol–water partition coefficient (Wildman–Crippen LogP) is 0.828. The number of rotatable bonds is 4. The summed E-state index contributed by atoms with van der Waals surface area (Å²) in [6.07, 6.45) is 6.86. The van der Waals surface area contributed by atoms with Gasteiger partial charge >= 0.3 is 0 Å². The van der Waals surface area contributed by atoms with Gasteiger partial charge in [-0.05, 0) is 13.0 Å². The molecular weight excluding hydrogens is 338 g/mol. The van der Waals surface area contributed by atoms with Crippen molar-refractivity contribution in [2.45, 2.75) is 19.0 Å². The van der Waals surface area contributed by atoms with Gasteiger partial charge in [0.05, 0.1) is 25.0 Å². The molecule has 0 radical (unpaired) electrons. The van der Waals surface area contributed by atoms with Crippen molar-refractivity contribution in [3.8, 4) is 11.5 Å². The van der Waals surface area contributed by atoms with Crippen molar-refractivity contribution in [3.05, 3.63) is 36.7 Å². The van der Waals surface area contributed by atoms with Gasteiger partial charge in [0.25, 0.3) is 5.89 Å². The Morgan fingerprint density at radius 1 is 1.38 bits per heavy atom. The van der Waals surface area contributed by atoms with Crippen LogP contribution in [0.2, 0.25) is 0 Å². The second-order valence-electron chi connectivity index (χ2n) is 6.14. The molecule has 0 bridgehead atoms. The average molecular weight is 357 g/mol. The molecule has 2 atom stereocenters. The van der Waals surface area contributed by atoms with Gasteiger partial charge in [-0.25, -0.2) is 0 Å². The van der Waals surface area contributed by atoms with Gasteiger partial charge in [-0.3, -0.25) is 14.2 Å². The summed E-state index contributed by atoms with van der Waals surface area (Å²) < 4.78 is 14.2. The number of carbonyl (C=O) groups is 1. The van der Waals surface area contributed by atoms with Gasteiger partial charge in [0.15, 0.2) is 5.82 Å². The van der Waals surface area contributed by atoms with E-state index in [1.807, 2.05) is 14.0 Å². The van der Waals surface area contributed by atoms with Gasteiger partial charge < -0.3 is 14.2 Å². The predicted molar refractivity (Wildman–Crippen MR) is 88.7 cm³/mol. The summed E-state index contributed by atoms with van der Waals surface area (Å²) in [6, 6.07) is 0.971. The topological polar surface area (TPSA) is 104 Å². The van der Waals surface area contributed by atoms with Gasteiger partial charge in [-0.15, -0.1) is 0 Å². The van der Waals surface area contributed by atoms with Gasteiger partial charge in [-0.2, -0.15) is 15.2 Å². The lowest BCUT2D eigenvalue weighted by molar-refractivity contribution is -0.144. The zero-order valence-electron chi connectivity index (χ0n) is 14.5. The van der Waals surface area contributed by atoms with Crippen molar-refractivity contribution in [3.63, 3.8) is 0 Å². The molecule has 0 N–H and O–H groups in total. The van der Waals surface area contributed by atoms with E-state index in [4.69, 9.17) is 9.26 Å². The molecular formula is C16H19N7O3. The number of morpholine rings is 1. The lowest BCUT2D eigenvalue weighted by Crippen LogP contribution is -2.46. The molecule has 136 valence electrons. The molecule has 0 spiro atoms. The molecule has 26 heavy (non-hydrogen) atoms. The third-order valence-corrected chi connectivity index (χ3v) is 4.38. The third kappa shape index (κ3) is 2.99. The molecule has 3 aromatic rings. The van der Waals surface area contributed by atoms with Crippen LogP contribution in [0.15, 0.2) is 35.4 Å². The van der Waals surface area contributed by atoms with Crippen molar-refractivity contribution in [2.75, 3.05) is 19.8 Å². The number of hydrogen-bond donors (Lipinski definition) is 0. The molecule has 10 heteroatoms. The van der Waals surface area contributed by atoms with E-state index in [1.165, 1.54) is 0 Å². The molecule has 1 amide bonds. The fourth-order valence-corrected chi connectivity index (χ4v) is 2.96. The molecule has 4 rings (SSSR count). The van der Waals surface area contributed by atoms with Gasteiger partial charge in [-0.1, -0.05) is 5.16 Å². The smallest absolute Gasteiger partial charge is 0.261 e. The number of nitrogens with zero attached hydrogens (tertiary/aromatic N) is 7. The molecule has 4 heterocycles. The molecule has 0 saturated carbocycles. The fraction of sp³-hybridized carbons (Fsp3) is 0.438. The van der Waals surface area contributed by atoms with Crippen molar-refractivity contribution in [1.82, 2.24) is 34.6 Å². The standard InChI is InChI=1S/C16H19N7O3/c1-11(23-5-3-4-17-23)16(24)22-6-7-25-10-13(22)14-19-15(26-20-14)12-8-18-21(2)9-12/h3-5,8-9,11,13H,6-7,10H2,1-2H3. The van der Waals surface area contributed by atoms with Crippen LogP contribution in [0, 0.1) is 0 Å². The van der Waals surface area contributed by atoms with E-state index in [0.29, 0.717) is 31.5 Å². The molecule has 1 fully saturated rings. The van der Waals surface area contributed by atoms with Crippen LogP contribution in [0.4, 0.5) is 0 Å². The van der Waals surface area contributed by atoms with E-state index in [0.717, 1.165) is 5.56 Å². The van der Waals surface area contributed by atoms with Gasteiger partial charge in [0.1, 0.15) is 12.1 Å². The number of hydrogen-bond acceptors (Lipinski definition) is 7. The van der Waals surface area contributed by atoms with Crippen molar-refractivity contribution in [2.24, 2.45) is 7.05 Å². The Hall–Kier alpha value is -3.01. The first kappa shape index (κ1) is 16.5. The highest BCUT2D eigenvalue weighted by Crippen LogP contribution is 2.27. The van der Waals surface area contributed by atoms with E-state index in [-0.39, 0.29) is 5.91 Å². The normalized spacial score (nSPS) is 18.8. The summed E-state index contributed by atoms with van der Waals surface area (Å²) in [7, 11) is 1.81. The van der Waals surface area contributed by atoms with E-state index in [1.54, 1.807) is 45.1 Å². The highest BCUT2D eigenvalue weighted by Gasteiger charge is 2.35. The zero-order valence-corrected chi connectivity index (χ0v) is 14.5. The molecule has 3 aromatic heterocycles. The van der Waals surface area contributed by atoms with Gasteiger partial charge in [0, 0.05) is 32.2 Å². The van der Waals surface area contributed by atoms with E-state index in [9.17, 15) is 4.79 Å². The second-order valence-corrected chi connectivity index (χ2v) is 6.14. The third-order valence-electron chi connectivity index (χ3n) is 4.38. The highest BCUT2D eigenvalue weighted by atomic mass is 16.5.